The Morgan fingerprint density at radius 3 is 2.46 bits per heavy atom. The number of para-hydroxylation sites is 1. The molecule has 3 rings (SSSR count). The van der Waals surface area contributed by atoms with Gasteiger partial charge in [0.2, 0.25) is 0 Å². The van der Waals surface area contributed by atoms with Crippen LogP contribution in [0.4, 0.5) is 0 Å². The fourth-order valence-corrected chi connectivity index (χ4v) is 3.41. The summed E-state index contributed by atoms with van der Waals surface area (Å²) in [7, 11) is 0. The third-order valence-corrected chi connectivity index (χ3v) is 5.31. The molecular formula is C24H28N2O2. The molecule has 28 heavy (non-hydrogen) atoms. The van der Waals surface area contributed by atoms with Crippen LogP contribution in [0, 0.1) is 13.8 Å². The number of hydrogen-bond donors (Lipinski definition) is 0. The first-order chi connectivity index (χ1) is 13.5. The molecule has 4 heteroatoms. The van der Waals surface area contributed by atoms with Gasteiger partial charge in [0, 0.05) is 17.7 Å². The van der Waals surface area contributed by atoms with Gasteiger partial charge in [-0.25, -0.2) is 4.68 Å². The summed E-state index contributed by atoms with van der Waals surface area (Å²) in [6, 6.07) is 18.2. The third kappa shape index (κ3) is 4.33. The van der Waals surface area contributed by atoms with Crippen molar-refractivity contribution in [2.75, 3.05) is 6.61 Å². The van der Waals surface area contributed by atoms with Crippen LogP contribution in [0.5, 0.6) is 5.75 Å². The van der Waals surface area contributed by atoms with E-state index in [1.54, 1.807) is 0 Å². The second kappa shape index (κ2) is 8.87. The van der Waals surface area contributed by atoms with E-state index in [9.17, 15) is 4.79 Å². The monoisotopic (exact) mass is 376 g/mol. The number of hydrogen-bond acceptors (Lipinski definition) is 3. The summed E-state index contributed by atoms with van der Waals surface area (Å²) >= 11 is 0. The Hall–Kier alpha value is -2.88. The zero-order chi connectivity index (χ0) is 20.1. The molecule has 0 radical (unpaired) electrons. The molecule has 0 aliphatic carbocycles. The van der Waals surface area contributed by atoms with Gasteiger partial charge in [-0.15, -0.1) is 0 Å². The standard InChI is InChI=1S/C24H28N2O2/c1-5-17(2)21-13-9-10-14-23(21)28-16-24(27)26-19(4)22(18(3)25-26)15-20-11-7-6-8-12-20/h6-14,17H,5,15-16H2,1-4H3. The molecule has 4 nitrogen and oxygen atoms in total. The maximum absolute atomic E-state index is 12.8. The highest BCUT2D eigenvalue weighted by Gasteiger charge is 2.18. The van der Waals surface area contributed by atoms with Gasteiger partial charge in [0.25, 0.3) is 5.91 Å². The van der Waals surface area contributed by atoms with Gasteiger partial charge in [-0.05, 0) is 43.4 Å². The summed E-state index contributed by atoms with van der Waals surface area (Å²) in [6.45, 7) is 8.19. The van der Waals surface area contributed by atoms with Gasteiger partial charge in [0.15, 0.2) is 6.61 Å². The zero-order valence-corrected chi connectivity index (χ0v) is 17.1. The molecule has 1 heterocycles. The molecule has 0 fully saturated rings. The van der Waals surface area contributed by atoms with Gasteiger partial charge in [0.05, 0.1) is 5.69 Å². The van der Waals surface area contributed by atoms with Crippen molar-refractivity contribution in [3.05, 3.63) is 82.7 Å². The maximum Gasteiger partial charge on any atom is 0.284 e. The van der Waals surface area contributed by atoms with Crippen molar-refractivity contribution < 1.29 is 9.53 Å². The van der Waals surface area contributed by atoms with Crippen LogP contribution in [0.3, 0.4) is 0 Å². The summed E-state index contributed by atoms with van der Waals surface area (Å²) in [5, 5.41) is 4.48. The summed E-state index contributed by atoms with van der Waals surface area (Å²) in [5.74, 6) is 1.01. The van der Waals surface area contributed by atoms with Crippen LogP contribution in [0.15, 0.2) is 54.6 Å². The lowest BCUT2D eigenvalue weighted by molar-refractivity contribution is 0.0817. The molecule has 1 unspecified atom stereocenters. The second-order valence-electron chi connectivity index (χ2n) is 7.25. The van der Waals surface area contributed by atoms with Crippen molar-refractivity contribution in [2.24, 2.45) is 0 Å². The predicted octanol–water partition coefficient (Wildman–Crippen LogP) is 5.32. The highest BCUT2D eigenvalue weighted by Crippen LogP contribution is 2.28. The Labute approximate surface area is 167 Å². The minimum atomic E-state index is -0.154. The number of carbonyl (C=O) groups is 1. The molecule has 3 aromatic rings. The number of benzene rings is 2. The highest BCUT2D eigenvalue weighted by atomic mass is 16.5. The molecule has 0 amide bonds. The average molecular weight is 377 g/mol. The first kappa shape index (κ1) is 19.9. The maximum atomic E-state index is 12.8. The lowest BCUT2D eigenvalue weighted by Gasteiger charge is -2.15. The molecule has 0 saturated carbocycles. The molecule has 1 atom stereocenters. The van der Waals surface area contributed by atoms with Crippen LogP contribution in [0.2, 0.25) is 0 Å². The fraction of sp³-hybridized carbons (Fsp3) is 0.333. The SMILES string of the molecule is CCC(C)c1ccccc1OCC(=O)n1nc(C)c(Cc2ccccc2)c1C. The molecule has 1 aromatic heterocycles. The normalized spacial score (nSPS) is 12.0. The molecule has 0 aliphatic heterocycles. The molecule has 0 spiro atoms. The van der Waals surface area contributed by atoms with Gasteiger partial charge >= 0.3 is 0 Å². The fourth-order valence-electron chi connectivity index (χ4n) is 3.41. The van der Waals surface area contributed by atoms with E-state index in [0.717, 1.165) is 41.1 Å². The Morgan fingerprint density at radius 2 is 1.75 bits per heavy atom. The number of ether oxygens (including phenoxy) is 1. The summed E-state index contributed by atoms with van der Waals surface area (Å²) in [5.41, 5.74) is 5.20. The first-order valence-corrected chi connectivity index (χ1v) is 9.85. The first-order valence-electron chi connectivity index (χ1n) is 9.85. The minimum Gasteiger partial charge on any atom is -0.483 e. The van der Waals surface area contributed by atoms with Crippen LogP contribution in [-0.4, -0.2) is 22.3 Å². The summed E-state index contributed by atoms with van der Waals surface area (Å²) < 4.78 is 7.37. The number of aryl methyl sites for hydroxylation is 1. The molecule has 0 aliphatic rings. The van der Waals surface area contributed by atoms with Crippen LogP contribution in [-0.2, 0) is 6.42 Å². The molecule has 0 bridgehead atoms. The van der Waals surface area contributed by atoms with Crippen LogP contribution < -0.4 is 4.74 Å². The number of aromatic nitrogens is 2. The largest absolute Gasteiger partial charge is 0.483 e. The Morgan fingerprint density at radius 1 is 1.07 bits per heavy atom. The van der Waals surface area contributed by atoms with Gasteiger partial charge in [-0.3, -0.25) is 4.79 Å². The van der Waals surface area contributed by atoms with Crippen LogP contribution in [0.1, 0.15) is 59.1 Å². The predicted molar refractivity (Wildman–Crippen MR) is 112 cm³/mol. The average Bonchev–Trinajstić information content (AvgIpc) is 3.00. The van der Waals surface area contributed by atoms with Crippen molar-refractivity contribution in [1.29, 1.82) is 0 Å². The molecule has 0 saturated heterocycles. The van der Waals surface area contributed by atoms with Crippen LogP contribution >= 0.6 is 0 Å². The van der Waals surface area contributed by atoms with E-state index < -0.39 is 0 Å². The van der Waals surface area contributed by atoms with Crippen molar-refractivity contribution in [1.82, 2.24) is 9.78 Å². The van der Waals surface area contributed by atoms with E-state index >= 15 is 0 Å². The Kier molecular flexibility index (Phi) is 6.30. The van der Waals surface area contributed by atoms with Gasteiger partial charge in [-0.2, -0.15) is 5.10 Å². The van der Waals surface area contributed by atoms with Crippen molar-refractivity contribution in [2.45, 2.75) is 46.5 Å². The lowest BCUT2D eigenvalue weighted by Crippen LogP contribution is -2.22. The number of nitrogens with zero attached hydrogens (tertiary/aromatic N) is 2. The Balaban J connectivity index is 1.75. The van der Waals surface area contributed by atoms with Crippen molar-refractivity contribution in [3.63, 3.8) is 0 Å². The smallest absolute Gasteiger partial charge is 0.284 e. The van der Waals surface area contributed by atoms with E-state index in [2.05, 4.69) is 37.1 Å². The van der Waals surface area contributed by atoms with Gasteiger partial charge in [-0.1, -0.05) is 62.4 Å². The molecule has 146 valence electrons. The van der Waals surface area contributed by atoms with Gasteiger partial charge in [0.1, 0.15) is 5.75 Å². The summed E-state index contributed by atoms with van der Waals surface area (Å²) in [4.78, 5) is 12.8. The second-order valence-corrected chi connectivity index (χ2v) is 7.25. The zero-order valence-electron chi connectivity index (χ0n) is 17.1. The van der Waals surface area contributed by atoms with Gasteiger partial charge < -0.3 is 4.74 Å². The quantitative estimate of drug-likeness (QED) is 0.560. The molecule has 2 aromatic carbocycles. The van der Waals surface area contributed by atoms with E-state index in [1.807, 2.05) is 50.2 Å². The Bertz CT molecular complexity index is 944. The van der Waals surface area contributed by atoms with Crippen molar-refractivity contribution >= 4 is 5.91 Å². The van der Waals surface area contributed by atoms with E-state index in [1.165, 1.54) is 10.2 Å². The molecule has 0 N–H and O–H groups in total. The van der Waals surface area contributed by atoms with E-state index in [0.29, 0.717) is 5.92 Å². The lowest BCUT2D eigenvalue weighted by atomic mass is 9.98. The highest BCUT2D eigenvalue weighted by molar-refractivity contribution is 5.80. The number of carbonyl (C=O) groups excluding carboxylic acids is 1. The third-order valence-electron chi connectivity index (χ3n) is 5.31. The topological polar surface area (TPSA) is 44.1 Å². The van der Waals surface area contributed by atoms with Crippen molar-refractivity contribution in [3.8, 4) is 5.75 Å². The minimum absolute atomic E-state index is 0.0276. The number of rotatable bonds is 7. The molecular weight excluding hydrogens is 348 g/mol. The van der Waals surface area contributed by atoms with E-state index in [-0.39, 0.29) is 12.5 Å². The summed E-state index contributed by atoms with van der Waals surface area (Å²) in [6.07, 6.45) is 1.79. The van der Waals surface area contributed by atoms with E-state index in [4.69, 9.17) is 4.74 Å². The van der Waals surface area contributed by atoms with Crippen LogP contribution in [0.25, 0.3) is 0 Å².